The maximum Gasteiger partial charge on any atom is 0.416 e. The van der Waals surface area contributed by atoms with E-state index in [1.165, 1.54) is 0 Å². The minimum Gasteiger partial charge on any atom is -0.479 e. The number of carbonyl (C=O) groups excluding carboxylic acids is 1. The first-order valence-electron chi connectivity index (χ1n) is 9.09. The molecule has 1 aliphatic rings. The van der Waals surface area contributed by atoms with Gasteiger partial charge >= 0.3 is 24.2 Å². The summed E-state index contributed by atoms with van der Waals surface area (Å²) < 4.78 is 78.9. The Morgan fingerprint density at radius 1 is 1.06 bits per heavy atom. The van der Waals surface area contributed by atoms with Gasteiger partial charge in [0.05, 0.1) is 17.3 Å². The van der Waals surface area contributed by atoms with Gasteiger partial charge in [0.1, 0.15) is 15.5 Å². The molecule has 2 aromatic rings. The molecule has 1 fully saturated rings. The van der Waals surface area contributed by atoms with Crippen LogP contribution in [0.1, 0.15) is 36.8 Å². The highest BCUT2D eigenvalue weighted by molar-refractivity contribution is 7.19. The number of hydrogen-bond donors (Lipinski definition) is 1. The fourth-order valence-corrected chi connectivity index (χ4v) is 4.64. The van der Waals surface area contributed by atoms with Gasteiger partial charge in [0, 0.05) is 5.56 Å². The van der Waals surface area contributed by atoms with E-state index in [9.17, 15) is 41.0 Å². The first-order valence-corrected chi connectivity index (χ1v) is 9.91. The molecule has 170 valence electrons. The number of rotatable bonds is 4. The number of anilines is 1. The standard InChI is InChI=1S/C20H14F6N2O3S/c1-2-14(29)28(18(17(30)31)5-3-4-6-18)15-10-27-16(32-15)11-7-12(19(21,22)23)9-13(8-11)20(24,25)26/h1,7-10H,3-6H2,(H,30,31). The van der Waals surface area contributed by atoms with Crippen LogP contribution in [0.25, 0.3) is 10.6 Å². The van der Waals surface area contributed by atoms with E-state index in [0.29, 0.717) is 36.3 Å². The molecule has 0 aliphatic heterocycles. The van der Waals surface area contributed by atoms with Crippen molar-refractivity contribution in [1.82, 2.24) is 4.98 Å². The smallest absolute Gasteiger partial charge is 0.416 e. The molecular weight excluding hydrogens is 462 g/mol. The minimum atomic E-state index is -5.04. The molecule has 0 spiro atoms. The molecule has 12 heteroatoms. The van der Waals surface area contributed by atoms with E-state index in [2.05, 4.69) is 4.98 Å². The Morgan fingerprint density at radius 2 is 1.59 bits per heavy atom. The van der Waals surface area contributed by atoms with Crippen LogP contribution in [0.5, 0.6) is 0 Å². The number of carboxylic acid groups (broad SMARTS) is 1. The predicted octanol–water partition coefficient (Wildman–Crippen LogP) is 5.21. The van der Waals surface area contributed by atoms with Crippen molar-refractivity contribution in [3.05, 3.63) is 35.5 Å². The number of aromatic nitrogens is 1. The Bertz CT molecular complexity index is 1060. The summed E-state index contributed by atoms with van der Waals surface area (Å²) >= 11 is 0.580. The summed E-state index contributed by atoms with van der Waals surface area (Å²) in [6.07, 6.45) is -2.71. The monoisotopic (exact) mass is 476 g/mol. The van der Waals surface area contributed by atoms with Crippen LogP contribution in [-0.2, 0) is 21.9 Å². The molecule has 1 aromatic heterocycles. The highest BCUT2D eigenvalue weighted by atomic mass is 32.1. The number of amides is 1. The number of thiazole rings is 1. The summed E-state index contributed by atoms with van der Waals surface area (Å²) in [5, 5.41) is 9.44. The summed E-state index contributed by atoms with van der Waals surface area (Å²) in [6.45, 7) is 0. The van der Waals surface area contributed by atoms with E-state index in [-0.39, 0.29) is 28.9 Å². The molecule has 1 heterocycles. The van der Waals surface area contributed by atoms with Crippen LogP contribution in [0, 0.1) is 12.3 Å². The van der Waals surface area contributed by atoms with Crippen molar-refractivity contribution in [2.75, 3.05) is 4.90 Å². The zero-order valence-corrected chi connectivity index (χ0v) is 16.9. The van der Waals surface area contributed by atoms with Crippen molar-refractivity contribution in [2.24, 2.45) is 0 Å². The van der Waals surface area contributed by atoms with Crippen molar-refractivity contribution in [2.45, 2.75) is 43.6 Å². The fourth-order valence-electron chi connectivity index (χ4n) is 3.64. The van der Waals surface area contributed by atoms with E-state index in [4.69, 9.17) is 6.42 Å². The Morgan fingerprint density at radius 3 is 2.03 bits per heavy atom. The summed E-state index contributed by atoms with van der Waals surface area (Å²) in [6, 6.07) is 1.01. The molecule has 1 aromatic carbocycles. The van der Waals surface area contributed by atoms with Crippen molar-refractivity contribution in [3.8, 4) is 22.9 Å². The van der Waals surface area contributed by atoms with Gasteiger partial charge in [-0.3, -0.25) is 9.69 Å². The lowest BCUT2D eigenvalue weighted by Gasteiger charge is -2.35. The Balaban J connectivity index is 2.14. The van der Waals surface area contributed by atoms with Crippen molar-refractivity contribution < 1.29 is 41.0 Å². The highest BCUT2D eigenvalue weighted by Crippen LogP contribution is 2.44. The Labute approximate surface area is 181 Å². The number of terminal acetylenes is 1. The third-order valence-corrected chi connectivity index (χ3v) is 6.16. The first kappa shape index (κ1) is 23.6. The molecule has 0 saturated heterocycles. The Kier molecular flexibility index (Phi) is 5.99. The summed E-state index contributed by atoms with van der Waals surface area (Å²) in [7, 11) is 0. The number of alkyl halides is 6. The lowest BCUT2D eigenvalue weighted by molar-refractivity contribution is -0.145. The highest BCUT2D eigenvalue weighted by Gasteiger charge is 2.50. The minimum absolute atomic E-state index is 0.00978. The third kappa shape index (κ3) is 4.29. The molecular formula is C20H14F6N2O3S. The number of carbonyl (C=O) groups is 2. The molecule has 1 aliphatic carbocycles. The van der Waals surface area contributed by atoms with Gasteiger partial charge in [0.25, 0.3) is 0 Å². The van der Waals surface area contributed by atoms with Crippen LogP contribution in [0.15, 0.2) is 24.4 Å². The lowest BCUT2D eigenvalue weighted by Crippen LogP contribution is -2.55. The second-order valence-electron chi connectivity index (χ2n) is 7.13. The third-order valence-electron chi connectivity index (χ3n) is 5.13. The molecule has 5 nitrogen and oxygen atoms in total. The normalized spacial score (nSPS) is 15.9. The van der Waals surface area contributed by atoms with Gasteiger partial charge in [0.2, 0.25) is 0 Å². The summed E-state index contributed by atoms with van der Waals surface area (Å²) in [5.74, 6) is -0.477. The Hall–Kier alpha value is -3.07. The van der Waals surface area contributed by atoms with Crippen LogP contribution in [0.3, 0.4) is 0 Å². The maximum atomic E-state index is 13.2. The van der Waals surface area contributed by atoms with E-state index in [1.54, 1.807) is 0 Å². The number of nitrogens with zero attached hydrogens (tertiary/aromatic N) is 2. The van der Waals surface area contributed by atoms with Crippen molar-refractivity contribution in [3.63, 3.8) is 0 Å². The average molecular weight is 476 g/mol. The molecule has 0 radical (unpaired) electrons. The number of benzene rings is 1. The first-order chi connectivity index (χ1) is 14.8. The maximum absolute atomic E-state index is 13.2. The van der Waals surface area contributed by atoms with E-state index < -0.39 is 46.5 Å². The van der Waals surface area contributed by atoms with Crippen LogP contribution < -0.4 is 4.90 Å². The SMILES string of the molecule is C#CC(=O)N(c1cnc(-c2cc(C(F)(F)F)cc(C(F)(F)F)c2)s1)C1(C(=O)O)CCCC1. The molecule has 1 N–H and O–H groups in total. The van der Waals surface area contributed by atoms with Gasteiger partial charge in [-0.15, -0.1) is 6.42 Å². The summed E-state index contributed by atoms with van der Waals surface area (Å²) in [4.78, 5) is 29.2. The lowest BCUT2D eigenvalue weighted by atomic mass is 9.95. The number of aliphatic carboxylic acids is 1. The number of carboxylic acids is 1. The topological polar surface area (TPSA) is 70.5 Å². The molecule has 0 unspecified atom stereocenters. The second-order valence-corrected chi connectivity index (χ2v) is 8.14. The van der Waals surface area contributed by atoms with Crippen LogP contribution in [0.4, 0.5) is 31.3 Å². The number of hydrogen-bond acceptors (Lipinski definition) is 4. The van der Waals surface area contributed by atoms with Crippen LogP contribution in [0.2, 0.25) is 0 Å². The second kappa shape index (κ2) is 8.12. The van der Waals surface area contributed by atoms with Gasteiger partial charge in [0.15, 0.2) is 0 Å². The average Bonchev–Trinajstić information content (AvgIpc) is 3.37. The van der Waals surface area contributed by atoms with Gasteiger partial charge in [-0.1, -0.05) is 24.2 Å². The summed E-state index contributed by atoms with van der Waals surface area (Å²) in [5.41, 5.74) is -5.19. The van der Waals surface area contributed by atoms with Crippen molar-refractivity contribution >= 4 is 28.2 Å². The van der Waals surface area contributed by atoms with Gasteiger partial charge in [-0.25, -0.2) is 9.78 Å². The predicted molar refractivity (Wildman–Crippen MR) is 103 cm³/mol. The van der Waals surface area contributed by atoms with E-state index in [1.807, 2.05) is 5.92 Å². The molecule has 3 rings (SSSR count). The van der Waals surface area contributed by atoms with Crippen LogP contribution >= 0.6 is 11.3 Å². The zero-order valence-electron chi connectivity index (χ0n) is 16.0. The van der Waals surface area contributed by atoms with E-state index in [0.717, 1.165) is 11.1 Å². The molecule has 32 heavy (non-hydrogen) atoms. The zero-order chi connectivity index (χ0) is 23.9. The quantitative estimate of drug-likeness (QED) is 0.486. The molecule has 1 amide bonds. The molecule has 0 atom stereocenters. The molecule has 1 saturated carbocycles. The van der Waals surface area contributed by atoms with E-state index >= 15 is 0 Å². The van der Waals surface area contributed by atoms with Gasteiger partial charge in [-0.2, -0.15) is 26.3 Å². The fraction of sp³-hybridized carbons (Fsp3) is 0.350. The van der Waals surface area contributed by atoms with Crippen molar-refractivity contribution in [1.29, 1.82) is 0 Å². The molecule has 0 bridgehead atoms. The number of halogens is 6. The largest absolute Gasteiger partial charge is 0.479 e. The van der Waals surface area contributed by atoms with Gasteiger partial charge < -0.3 is 5.11 Å². The van der Waals surface area contributed by atoms with Crippen LogP contribution in [-0.4, -0.2) is 27.5 Å². The van der Waals surface area contributed by atoms with Gasteiger partial charge in [-0.05, 0) is 37.0 Å².